The van der Waals surface area contributed by atoms with E-state index in [2.05, 4.69) is 21.3 Å². The van der Waals surface area contributed by atoms with Crippen LogP contribution in [-0.4, -0.2) is 49.3 Å². The smallest absolute Gasteiger partial charge is 0.309 e. The van der Waals surface area contributed by atoms with Crippen molar-refractivity contribution >= 4 is 23.6 Å². The third-order valence-corrected chi connectivity index (χ3v) is 4.51. The number of hydrogen-bond donors (Lipinski definition) is 4. The fourth-order valence-electron chi connectivity index (χ4n) is 2.59. The van der Waals surface area contributed by atoms with Crippen LogP contribution in [0.1, 0.15) is 46.0 Å². The van der Waals surface area contributed by atoms with Crippen molar-refractivity contribution in [2.75, 3.05) is 19.6 Å². The fourth-order valence-corrected chi connectivity index (χ4v) is 2.59. The molecule has 146 valence electrons. The van der Waals surface area contributed by atoms with Gasteiger partial charge in [-0.3, -0.25) is 19.2 Å². The Hall–Kier alpha value is -2.12. The Morgan fingerprint density at radius 1 is 0.769 bits per heavy atom. The van der Waals surface area contributed by atoms with Crippen LogP contribution in [-0.2, 0) is 19.2 Å². The third kappa shape index (κ3) is 7.84. The maximum absolute atomic E-state index is 12.0. The van der Waals surface area contributed by atoms with Crippen molar-refractivity contribution < 1.29 is 19.2 Å². The summed E-state index contributed by atoms with van der Waals surface area (Å²) in [5.41, 5.74) is 0. The topological polar surface area (TPSA) is 116 Å². The molecule has 0 radical (unpaired) electrons. The van der Waals surface area contributed by atoms with E-state index in [1.165, 1.54) is 0 Å². The Morgan fingerprint density at radius 3 is 1.69 bits per heavy atom. The second-order valence-electron chi connectivity index (χ2n) is 7.82. The molecule has 2 saturated carbocycles. The van der Waals surface area contributed by atoms with Gasteiger partial charge in [-0.05, 0) is 49.9 Å². The van der Waals surface area contributed by atoms with Gasteiger partial charge in [-0.1, -0.05) is 13.8 Å². The van der Waals surface area contributed by atoms with Gasteiger partial charge in [0.1, 0.15) is 0 Å². The maximum Gasteiger partial charge on any atom is 0.309 e. The monoisotopic (exact) mass is 366 g/mol. The van der Waals surface area contributed by atoms with E-state index in [9.17, 15) is 19.2 Å². The molecule has 4 amide bonds. The highest BCUT2D eigenvalue weighted by molar-refractivity contribution is 6.35. The fraction of sp³-hybridized carbons (Fsp3) is 0.778. The van der Waals surface area contributed by atoms with Gasteiger partial charge in [-0.2, -0.15) is 0 Å². The molecule has 0 aromatic rings. The summed E-state index contributed by atoms with van der Waals surface area (Å²) in [4.78, 5) is 47.4. The highest BCUT2D eigenvalue weighted by Crippen LogP contribution is 2.27. The molecular formula is C18H30N4O4. The lowest BCUT2D eigenvalue weighted by atomic mass is 10.0. The molecule has 0 spiro atoms. The molecule has 8 nitrogen and oxygen atoms in total. The first-order valence-electron chi connectivity index (χ1n) is 9.49. The largest absolute Gasteiger partial charge is 0.348 e. The summed E-state index contributed by atoms with van der Waals surface area (Å²) in [6.07, 6.45) is 4.95. The first-order valence-corrected chi connectivity index (χ1v) is 9.49. The molecule has 4 N–H and O–H groups in total. The number of amides is 4. The summed E-state index contributed by atoms with van der Waals surface area (Å²) in [6.45, 7) is 5.13. The predicted molar refractivity (Wildman–Crippen MR) is 95.9 cm³/mol. The van der Waals surface area contributed by atoms with Crippen LogP contribution in [0.5, 0.6) is 0 Å². The zero-order chi connectivity index (χ0) is 19.1. The molecule has 0 bridgehead atoms. The average Bonchev–Trinajstić information content (AvgIpc) is 3.48. The summed E-state index contributed by atoms with van der Waals surface area (Å²) in [5.74, 6) is -1.49. The molecule has 2 aliphatic carbocycles. The van der Waals surface area contributed by atoms with E-state index in [0.29, 0.717) is 31.3 Å². The van der Waals surface area contributed by atoms with Crippen molar-refractivity contribution in [3.63, 3.8) is 0 Å². The third-order valence-electron chi connectivity index (χ3n) is 4.51. The molecule has 0 unspecified atom stereocenters. The van der Waals surface area contributed by atoms with Gasteiger partial charge < -0.3 is 21.3 Å². The van der Waals surface area contributed by atoms with Crippen molar-refractivity contribution in [1.29, 1.82) is 0 Å². The van der Waals surface area contributed by atoms with Crippen LogP contribution in [0, 0.1) is 17.8 Å². The van der Waals surface area contributed by atoms with Gasteiger partial charge in [0.15, 0.2) is 0 Å². The lowest BCUT2D eigenvalue weighted by Crippen LogP contribution is -2.51. The molecule has 0 aromatic carbocycles. The van der Waals surface area contributed by atoms with E-state index in [-0.39, 0.29) is 12.5 Å². The van der Waals surface area contributed by atoms with Gasteiger partial charge in [-0.15, -0.1) is 0 Å². The van der Waals surface area contributed by atoms with Gasteiger partial charge in [0.2, 0.25) is 0 Å². The highest BCUT2D eigenvalue weighted by atomic mass is 16.2. The molecule has 26 heavy (non-hydrogen) atoms. The molecule has 8 heteroatoms. The van der Waals surface area contributed by atoms with Crippen LogP contribution in [0.2, 0.25) is 0 Å². The van der Waals surface area contributed by atoms with Gasteiger partial charge in [0.25, 0.3) is 0 Å². The zero-order valence-electron chi connectivity index (χ0n) is 15.6. The van der Waals surface area contributed by atoms with E-state index in [0.717, 1.165) is 25.7 Å². The average molecular weight is 366 g/mol. The lowest BCUT2D eigenvalue weighted by molar-refractivity contribution is -0.140. The van der Waals surface area contributed by atoms with E-state index >= 15 is 0 Å². The van der Waals surface area contributed by atoms with E-state index < -0.39 is 29.7 Å². The van der Waals surface area contributed by atoms with Crippen LogP contribution in [0.3, 0.4) is 0 Å². The Bertz CT molecular complexity index is 541. The molecule has 1 atom stereocenters. The van der Waals surface area contributed by atoms with Crippen molar-refractivity contribution in [3.05, 3.63) is 0 Å². The summed E-state index contributed by atoms with van der Waals surface area (Å²) >= 11 is 0. The second-order valence-corrected chi connectivity index (χ2v) is 7.82. The normalized spacial score (nSPS) is 17.3. The maximum atomic E-state index is 12.0. The number of nitrogens with one attached hydrogen (secondary N) is 4. The molecule has 2 fully saturated rings. The SMILES string of the molecule is CC(C)C[C@H](CNC(=O)C(=O)NCC1CC1)NC(=O)C(=O)NCC1CC1. The minimum atomic E-state index is -0.716. The van der Waals surface area contributed by atoms with Crippen molar-refractivity contribution in [2.24, 2.45) is 17.8 Å². The molecule has 0 saturated heterocycles. The number of hydrogen-bond acceptors (Lipinski definition) is 4. The lowest BCUT2D eigenvalue weighted by Gasteiger charge is -2.20. The van der Waals surface area contributed by atoms with Crippen LogP contribution < -0.4 is 21.3 Å². The van der Waals surface area contributed by atoms with Crippen molar-refractivity contribution in [3.8, 4) is 0 Å². The van der Waals surface area contributed by atoms with Gasteiger partial charge in [0.05, 0.1) is 0 Å². The molecule has 0 aliphatic heterocycles. The number of carbonyl (C=O) groups is 4. The molecule has 0 aromatic heterocycles. The standard InChI is InChI=1S/C18H30N4O4/c1-11(2)7-14(22-18(26)17(25)20-9-13-5-6-13)10-21-16(24)15(23)19-8-12-3-4-12/h11-14H,3-10H2,1-2H3,(H,19,23)(H,20,25)(H,21,24)(H,22,26)/t14-/m1/s1. The minimum Gasteiger partial charge on any atom is -0.348 e. The Kier molecular flexibility index (Phi) is 7.41. The van der Waals surface area contributed by atoms with Crippen LogP contribution >= 0.6 is 0 Å². The van der Waals surface area contributed by atoms with E-state index in [1.54, 1.807) is 0 Å². The number of carbonyl (C=O) groups excluding carboxylic acids is 4. The Balaban J connectivity index is 1.73. The molecule has 0 heterocycles. The summed E-state index contributed by atoms with van der Waals surface area (Å²) in [7, 11) is 0. The van der Waals surface area contributed by atoms with Crippen molar-refractivity contribution in [1.82, 2.24) is 21.3 Å². The van der Waals surface area contributed by atoms with Gasteiger partial charge >= 0.3 is 23.6 Å². The summed E-state index contributed by atoms with van der Waals surface area (Å²) in [6, 6.07) is -0.408. The summed E-state index contributed by atoms with van der Waals surface area (Å²) < 4.78 is 0. The first kappa shape index (κ1) is 20.2. The number of rotatable bonds is 9. The van der Waals surface area contributed by atoms with Crippen LogP contribution in [0.25, 0.3) is 0 Å². The highest BCUT2D eigenvalue weighted by Gasteiger charge is 2.26. The predicted octanol–water partition coefficient (Wildman–Crippen LogP) is -0.314. The van der Waals surface area contributed by atoms with Crippen LogP contribution in [0.15, 0.2) is 0 Å². The summed E-state index contributed by atoms with van der Waals surface area (Å²) in [5, 5.41) is 10.4. The Labute approximate surface area is 154 Å². The van der Waals surface area contributed by atoms with Crippen LogP contribution in [0.4, 0.5) is 0 Å². The van der Waals surface area contributed by atoms with Gasteiger partial charge in [0, 0.05) is 25.7 Å². The first-order chi connectivity index (χ1) is 12.3. The quantitative estimate of drug-likeness (QED) is 0.419. The minimum absolute atomic E-state index is 0.107. The van der Waals surface area contributed by atoms with E-state index in [1.807, 2.05) is 13.8 Å². The Morgan fingerprint density at radius 2 is 1.23 bits per heavy atom. The second kappa shape index (κ2) is 9.54. The zero-order valence-corrected chi connectivity index (χ0v) is 15.6. The van der Waals surface area contributed by atoms with E-state index in [4.69, 9.17) is 0 Å². The van der Waals surface area contributed by atoms with Crippen molar-refractivity contribution in [2.45, 2.75) is 52.0 Å². The molecular weight excluding hydrogens is 336 g/mol. The molecule has 2 aliphatic rings. The molecule has 2 rings (SSSR count). The van der Waals surface area contributed by atoms with Gasteiger partial charge in [-0.25, -0.2) is 0 Å².